The summed E-state index contributed by atoms with van der Waals surface area (Å²) in [6.45, 7) is 1.23. The lowest BCUT2D eigenvalue weighted by atomic mass is 9.93. The summed E-state index contributed by atoms with van der Waals surface area (Å²) < 4.78 is 10.8. The van der Waals surface area contributed by atoms with E-state index in [1.165, 1.54) is 11.3 Å². The second-order valence-corrected chi connectivity index (χ2v) is 7.72. The highest BCUT2D eigenvalue weighted by Crippen LogP contribution is 2.26. The standard InChI is InChI=1S/C19H23N5O3S/c1-26-6-7-27-13-4-2-12(3-5-13)23-19(25)18-17-15(21-10-22-17)8-14(24-18)16-9-20-11-28-16/h8-13H,2-7H2,1H3,(H,21,22)(H,23,25)/t12-,13-. The lowest BCUT2D eigenvalue weighted by molar-refractivity contribution is -0.00409. The molecule has 9 heteroatoms. The minimum Gasteiger partial charge on any atom is -0.382 e. The molecular weight excluding hydrogens is 378 g/mol. The number of imidazole rings is 1. The quantitative estimate of drug-likeness (QED) is 0.590. The third-order valence-electron chi connectivity index (χ3n) is 4.96. The second-order valence-electron chi connectivity index (χ2n) is 6.83. The number of carbonyl (C=O) groups is 1. The Morgan fingerprint density at radius 2 is 2.18 bits per heavy atom. The Bertz CT molecular complexity index is 919. The van der Waals surface area contributed by atoms with Crippen molar-refractivity contribution in [1.29, 1.82) is 0 Å². The molecule has 0 bridgehead atoms. The van der Waals surface area contributed by atoms with Gasteiger partial charge in [-0.15, -0.1) is 11.3 Å². The Kier molecular flexibility index (Phi) is 5.94. The molecule has 1 saturated carbocycles. The Morgan fingerprint density at radius 3 is 2.93 bits per heavy atom. The van der Waals surface area contributed by atoms with Crippen LogP contribution in [-0.2, 0) is 9.47 Å². The van der Waals surface area contributed by atoms with Crippen LogP contribution in [0.1, 0.15) is 36.2 Å². The minimum absolute atomic E-state index is 0.126. The molecule has 0 radical (unpaired) electrons. The SMILES string of the molecule is COCCO[C@H]1CC[C@H](NC(=O)c2nc(-c3cncs3)cc3nc[nH]c23)CC1. The van der Waals surface area contributed by atoms with Gasteiger partial charge in [0.1, 0.15) is 0 Å². The molecule has 2 N–H and O–H groups in total. The van der Waals surface area contributed by atoms with Gasteiger partial charge < -0.3 is 19.8 Å². The van der Waals surface area contributed by atoms with Crippen LogP contribution >= 0.6 is 11.3 Å². The molecule has 3 aromatic heterocycles. The lowest BCUT2D eigenvalue weighted by Crippen LogP contribution is -2.39. The van der Waals surface area contributed by atoms with E-state index in [1.54, 1.807) is 25.1 Å². The number of aromatic nitrogens is 4. The van der Waals surface area contributed by atoms with Crippen molar-refractivity contribution in [2.75, 3.05) is 20.3 Å². The fourth-order valence-electron chi connectivity index (χ4n) is 3.50. The number of aromatic amines is 1. The van der Waals surface area contributed by atoms with Gasteiger partial charge in [-0.1, -0.05) is 0 Å². The molecule has 3 aromatic rings. The Hall–Kier alpha value is -2.36. The number of hydrogen-bond acceptors (Lipinski definition) is 7. The van der Waals surface area contributed by atoms with Crippen molar-refractivity contribution in [3.05, 3.63) is 29.8 Å². The molecule has 1 aliphatic rings. The average Bonchev–Trinajstić information content (AvgIpc) is 3.40. The van der Waals surface area contributed by atoms with E-state index in [0.717, 1.165) is 36.1 Å². The van der Waals surface area contributed by atoms with Gasteiger partial charge in [-0.2, -0.15) is 0 Å². The number of ether oxygens (including phenoxy) is 2. The summed E-state index contributed by atoms with van der Waals surface area (Å²) >= 11 is 1.49. The van der Waals surface area contributed by atoms with E-state index < -0.39 is 0 Å². The molecule has 0 aliphatic heterocycles. The molecule has 148 valence electrons. The summed E-state index contributed by atoms with van der Waals surface area (Å²) in [4.78, 5) is 29.9. The first-order valence-electron chi connectivity index (χ1n) is 9.39. The molecule has 0 spiro atoms. The van der Waals surface area contributed by atoms with E-state index in [2.05, 4.69) is 25.3 Å². The summed E-state index contributed by atoms with van der Waals surface area (Å²) in [5.74, 6) is -0.177. The zero-order valence-corrected chi connectivity index (χ0v) is 16.5. The Balaban J connectivity index is 1.44. The van der Waals surface area contributed by atoms with Crippen molar-refractivity contribution in [3.63, 3.8) is 0 Å². The Morgan fingerprint density at radius 1 is 1.32 bits per heavy atom. The highest BCUT2D eigenvalue weighted by Gasteiger charge is 2.25. The van der Waals surface area contributed by atoms with Gasteiger partial charge >= 0.3 is 0 Å². The first-order valence-corrected chi connectivity index (χ1v) is 10.3. The second kappa shape index (κ2) is 8.76. The topological polar surface area (TPSA) is 102 Å². The fourth-order valence-corrected chi connectivity index (χ4v) is 4.08. The molecule has 0 saturated heterocycles. The molecule has 1 amide bonds. The van der Waals surface area contributed by atoms with Gasteiger partial charge in [0.15, 0.2) is 5.69 Å². The predicted octanol–water partition coefficient (Wildman–Crippen LogP) is 2.79. The average molecular weight is 401 g/mol. The number of pyridine rings is 1. The molecule has 4 rings (SSSR count). The van der Waals surface area contributed by atoms with Gasteiger partial charge in [-0.05, 0) is 31.7 Å². The number of methoxy groups -OCH3 is 1. The largest absolute Gasteiger partial charge is 0.382 e. The lowest BCUT2D eigenvalue weighted by Gasteiger charge is -2.29. The number of H-pyrrole nitrogens is 1. The molecule has 0 aromatic carbocycles. The van der Waals surface area contributed by atoms with E-state index in [0.29, 0.717) is 30.1 Å². The molecular formula is C19H23N5O3S. The minimum atomic E-state index is -0.177. The zero-order valence-electron chi connectivity index (χ0n) is 15.7. The number of thiazole rings is 1. The highest BCUT2D eigenvalue weighted by atomic mass is 32.1. The van der Waals surface area contributed by atoms with Gasteiger partial charge in [0.2, 0.25) is 0 Å². The van der Waals surface area contributed by atoms with Crippen LogP contribution < -0.4 is 5.32 Å². The maximum atomic E-state index is 13.0. The first-order chi connectivity index (χ1) is 13.7. The molecule has 3 heterocycles. The van der Waals surface area contributed by atoms with Crippen molar-refractivity contribution in [3.8, 4) is 10.6 Å². The monoisotopic (exact) mass is 401 g/mol. The fraction of sp³-hybridized carbons (Fsp3) is 0.474. The van der Waals surface area contributed by atoms with Crippen LogP contribution in [0.15, 0.2) is 24.1 Å². The third kappa shape index (κ3) is 4.21. The van der Waals surface area contributed by atoms with E-state index in [-0.39, 0.29) is 18.1 Å². The summed E-state index contributed by atoms with van der Waals surface area (Å²) in [5.41, 5.74) is 4.21. The number of nitrogens with zero attached hydrogens (tertiary/aromatic N) is 3. The normalized spacial score (nSPS) is 19.8. The van der Waals surface area contributed by atoms with Crippen LogP contribution in [-0.4, -0.2) is 58.3 Å². The van der Waals surface area contributed by atoms with E-state index in [9.17, 15) is 4.79 Å². The molecule has 0 unspecified atom stereocenters. The first kappa shape index (κ1) is 19.0. The van der Waals surface area contributed by atoms with Gasteiger partial charge in [-0.25, -0.2) is 9.97 Å². The van der Waals surface area contributed by atoms with Crippen molar-refractivity contribution in [2.45, 2.75) is 37.8 Å². The summed E-state index contributed by atoms with van der Waals surface area (Å²) in [5, 5.41) is 3.14. The van der Waals surface area contributed by atoms with Crippen molar-refractivity contribution >= 4 is 28.3 Å². The van der Waals surface area contributed by atoms with Crippen LogP contribution in [0.2, 0.25) is 0 Å². The van der Waals surface area contributed by atoms with Crippen LogP contribution in [0.25, 0.3) is 21.6 Å². The summed E-state index contributed by atoms with van der Waals surface area (Å²) in [7, 11) is 1.67. The van der Waals surface area contributed by atoms with Crippen molar-refractivity contribution < 1.29 is 14.3 Å². The van der Waals surface area contributed by atoms with Crippen LogP contribution in [0, 0.1) is 0 Å². The van der Waals surface area contributed by atoms with Crippen LogP contribution in [0.5, 0.6) is 0 Å². The zero-order chi connectivity index (χ0) is 19.3. The molecule has 1 aliphatic carbocycles. The molecule has 1 fully saturated rings. The number of nitrogens with one attached hydrogen (secondary N) is 2. The summed E-state index contributed by atoms with van der Waals surface area (Å²) in [6, 6.07) is 2.00. The Labute approximate surface area is 166 Å². The number of fused-ring (bicyclic) bond motifs is 1. The van der Waals surface area contributed by atoms with Crippen molar-refractivity contribution in [1.82, 2.24) is 25.3 Å². The van der Waals surface area contributed by atoms with E-state index in [4.69, 9.17) is 9.47 Å². The number of amides is 1. The van der Waals surface area contributed by atoms with Gasteiger partial charge in [0.25, 0.3) is 5.91 Å². The van der Waals surface area contributed by atoms with Gasteiger partial charge in [-0.3, -0.25) is 9.78 Å². The van der Waals surface area contributed by atoms with E-state index in [1.807, 2.05) is 6.07 Å². The van der Waals surface area contributed by atoms with Crippen molar-refractivity contribution in [2.24, 2.45) is 0 Å². The van der Waals surface area contributed by atoms with E-state index >= 15 is 0 Å². The van der Waals surface area contributed by atoms with Crippen LogP contribution in [0.4, 0.5) is 0 Å². The summed E-state index contributed by atoms with van der Waals surface area (Å²) in [6.07, 6.45) is 7.23. The van der Waals surface area contributed by atoms with Gasteiger partial charge in [0.05, 0.1) is 52.8 Å². The van der Waals surface area contributed by atoms with Crippen LogP contribution in [0.3, 0.4) is 0 Å². The molecule has 28 heavy (non-hydrogen) atoms. The molecule has 8 nitrogen and oxygen atoms in total. The predicted molar refractivity (Wildman–Crippen MR) is 106 cm³/mol. The smallest absolute Gasteiger partial charge is 0.272 e. The maximum absolute atomic E-state index is 13.0. The number of carbonyl (C=O) groups excluding carboxylic acids is 1. The number of hydrogen-bond donors (Lipinski definition) is 2. The highest BCUT2D eigenvalue weighted by molar-refractivity contribution is 7.13. The van der Waals surface area contributed by atoms with Gasteiger partial charge in [0, 0.05) is 19.3 Å². The molecule has 0 atom stereocenters. The number of rotatable bonds is 7. The third-order valence-corrected chi connectivity index (χ3v) is 5.76. The maximum Gasteiger partial charge on any atom is 0.272 e.